The van der Waals surface area contributed by atoms with Crippen molar-refractivity contribution >= 4 is 11.5 Å². The SMILES string of the molecule is C=C(C)CCOC1C=C(CN(N)/C=C(\N)c2ccccc2)[C@H]2CC(=O)C(C)=CC2O1. The molecule has 0 fully saturated rings. The fraction of sp³-hybridized carbons (Fsp3) is 0.375. The maximum absolute atomic E-state index is 12.3. The molecule has 1 heterocycles. The number of benzene rings is 1. The van der Waals surface area contributed by atoms with Crippen molar-refractivity contribution in [3.8, 4) is 0 Å². The third kappa shape index (κ3) is 5.69. The van der Waals surface area contributed by atoms with Crippen LogP contribution in [0.1, 0.15) is 32.3 Å². The number of nitrogens with zero attached hydrogens (tertiary/aromatic N) is 1. The number of nitrogens with two attached hydrogens (primary N) is 2. The largest absolute Gasteiger partial charge is 0.397 e. The van der Waals surface area contributed by atoms with Crippen LogP contribution in [0.2, 0.25) is 0 Å². The van der Waals surface area contributed by atoms with Crippen molar-refractivity contribution in [1.29, 1.82) is 0 Å². The van der Waals surface area contributed by atoms with Crippen LogP contribution in [0, 0.1) is 5.92 Å². The molecule has 0 saturated carbocycles. The molecule has 30 heavy (non-hydrogen) atoms. The van der Waals surface area contributed by atoms with E-state index in [-0.39, 0.29) is 17.8 Å². The van der Waals surface area contributed by atoms with E-state index in [9.17, 15) is 4.79 Å². The molecule has 160 valence electrons. The molecule has 1 aliphatic heterocycles. The Labute approximate surface area is 178 Å². The highest BCUT2D eigenvalue weighted by Crippen LogP contribution is 2.35. The predicted octanol–water partition coefficient (Wildman–Crippen LogP) is 3.29. The molecule has 3 atom stereocenters. The van der Waals surface area contributed by atoms with E-state index >= 15 is 0 Å². The molecule has 0 spiro atoms. The Bertz CT molecular complexity index is 873. The highest BCUT2D eigenvalue weighted by Gasteiger charge is 2.37. The number of fused-ring (bicyclic) bond motifs is 1. The molecule has 1 aromatic carbocycles. The summed E-state index contributed by atoms with van der Waals surface area (Å²) in [5.41, 5.74) is 10.5. The average Bonchev–Trinajstić information content (AvgIpc) is 2.69. The van der Waals surface area contributed by atoms with E-state index in [4.69, 9.17) is 21.1 Å². The van der Waals surface area contributed by atoms with Gasteiger partial charge in [-0.3, -0.25) is 4.79 Å². The fourth-order valence-corrected chi connectivity index (χ4v) is 3.65. The summed E-state index contributed by atoms with van der Waals surface area (Å²) in [7, 11) is 0. The van der Waals surface area contributed by atoms with Crippen LogP contribution in [-0.2, 0) is 14.3 Å². The lowest BCUT2D eigenvalue weighted by Gasteiger charge is -2.38. The maximum atomic E-state index is 12.3. The van der Waals surface area contributed by atoms with Crippen LogP contribution in [0.5, 0.6) is 0 Å². The molecule has 2 unspecified atom stereocenters. The van der Waals surface area contributed by atoms with Gasteiger partial charge in [0.25, 0.3) is 0 Å². The third-order valence-corrected chi connectivity index (χ3v) is 5.36. The van der Waals surface area contributed by atoms with Crippen molar-refractivity contribution in [2.75, 3.05) is 13.2 Å². The van der Waals surface area contributed by atoms with Gasteiger partial charge in [-0.15, -0.1) is 6.58 Å². The minimum atomic E-state index is -0.485. The molecule has 6 heteroatoms. The maximum Gasteiger partial charge on any atom is 0.177 e. The lowest BCUT2D eigenvalue weighted by molar-refractivity contribution is -0.153. The van der Waals surface area contributed by atoms with Gasteiger partial charge in [-0.05, 0) is 49.1 Å². The summed E-state index contributed by atoms with van der Waals surface area (Å²) in [5, 5.41) is 1.55. The Morgan fingerprint density at radius 2 is 2.07 bits per heavy atom. The third-order valence-electron chi connectivity index (χ3n) is 5.36. The van der Waals surface area contributed by atoms with E-state index in [0.717, 1.165) is 28.7 Å². The van der Waals surface area contributed by atoms with E-state index < -0.39 is 6.29 Å². The molecule has 4 N–H and O–H groups in total. The second-order valence-electron chi connectivity index (χ2n) is 7.99. The summed E-state index contributed by atoms with van der Waals surface area (Å²) in [6, 6.07) is 9.66. The van der Waals surface area contributed by atoms with Crippen molar-refractivity contribution in [3.63, 3.8) is 0 Å². The second-order valence-corrected chi connectivity index (χ2v) is 7.99. The molecule has 1 aliphatic carbocycles. The van der Waals surface area contributed by atoms with Crippen molar-refractivity contribution in [2.45, 2.75) is 39.1 Å². The summed E-state index contributed by atoms with van der Waals surface area (Å²) < 4.78 is 12.0. The van der Waals surface area contributed by atoms with E-state index in [0.29, 0.717) is 25.3 Å². The smallest absolute Gasteiger partial charge is 0.177 e. The number of ketones is 1. The van der Waals surface area contributed by atoms with Gasteiger partial charge in [-0.25, -0.2) is 5.84 Å². The molecule has 1 aromatic rings. The van der Waals surface area contributed by atoms with Crippen molar-refractivity contribution < 1.29 is 14.3 Å². The van der Waals surface area contributed by atoms with Crippen LogP contribution in [0.3, 0.4) is 0 Å². The lowest BCUT2D eigenvalue weighted by atomic mass is 9.80. The molecule has 0 amide bonds. The Balaban J connectivity index is 1.76. The van der Waals surface area contributed by atoms with Gasteiger partial charge in [0.1, 0.15) is 0 Å². The van der Waals surface area contributed by atoms with Crippen molar-refractivity contribution in [1.82, 2.24) is 5.01 Å². The normalized spacial score (nSPS) is 24.0. The molecular weight excluding hydrogens is 378 g/mol. The first-order chi connectivity index (χ1) is 14.3. The summed E-state index contributed by atoms with van der Waals surface area (Å²) >= 11 is 0. The lowest BCUT2D eigenvalue weighted by Crippen LogP contribution is -2.42. The van der Waals surface area contributed by atoms with Gasteiger partial charge in [0.05, 0.1) is 25.0 Å². The molecule has 3 rings (SSSR count). The highest BCUT2D eigenvalue weighted by atomic mass is 16.7. The minimum Gasteiger partial charge on any atom is -0.397 e. The summed E-state index contributed by atoms with van der Waals surface area (Å²) in [6.07, 6.45) is 6.03. The molecule has 0 radical (unpaired) electrons. The van der Waals surface area contributed by atoms with E-state index in [1.807, 2.05) is 56.3 Å². The molecule has 0 aromatic heterocycles. The Morgan fingerprint density at radius 1 is 1.33 bits per heavy atom. The summed E-state index contributed by atoms with van der Waals surface area (Å²) in [4.78, 5) is 12.3. The van der Waals surface area contributed by atoms with Crippen LogP contribution in [0.4, 0.5) is 0 Å². The van der Waals surface area contributed by atoms with Gasteiger partial charge in [-0.1, -0.05) is 35.9 Å². The van der Waals surface area contributed by atoms with E-state index in [1.54, 1.807) is 11.2 Å². The summed E-state index contributed by atoms with van der Waals surface area (Å²) in [5.74, 6) is 6.33. The highest BCUT2D eigenvalue weighted by molar-refractivity contribution is 5.96. The van der Waals surface area contributed by atoms with Crippen LogP contribution >= 0.6 is 0 Å². The zero-order chi connectivity index (χ0) is 21.7. The van der Waals surface area contributed by atoms with Gasteiger partial charge in [-0.2, -0.15) is 0 Å². The van der Waals surface area contributed by atoms with Crippen molar-refractivity contribution in [2.24, 2.45) is 17.5 Å². The number of rotatable bonds is 8. The Morgan fingerprint density at radius 3 is 2.77 bits per heavy atom. The first-order valence-electron chi connectivity index (χ1n) is 10.2. The zero-order valence-corrected chi connectivity index (χ0v) is 17.7. The first-order valence-corrected chi connectivity index (χ1v) is 10.2. The minimum absolute atomic E-state index is 0.0559. The van der Waals surface area contributed by atoms with Crippen LogP contribution < -0.4 is 11.6 Å². The molecule has 2 aliphatic rings. The number of hydrogen-bond acceptors (Lipinski definition) is 6. The van der Waals surface area contributed by atoms with Gasteiger partial charge < -0.3 is 20.2 Å². The van der Waals surface area contributed by atoms with E-state index in [1.165, 1.54) is 0 Å². The number of carbonyl (C=O) groups is 1. The number of Topliss-reactive ketones (excluding diaryl/α,β-unsaturated/α-hetero) is 1. The summed E-state index contributed by atoms with van der Waals surface area (Å²) in [6.45, 7) is 8.65. The number of hydrazine groups is 1. The quantitative estimate of drug-likeness (QED) is 0.389. The molecule has 6 nitrogen and oxygen atoms in total. The van der Waals surface area contributed by atoms with Gasteiger partial charge >= 0.3 is 0 Å². The van der Waals surface area contributed by atoms with Crippen LogP contribution in [-0.4, -0.2) is 36.3 Å². The number of allylic oxidation sites excluding steroid dienone is 1. The average molecular weight is 410 g/mol. The molecular formula is C24H31N3O3. The standard InChI is InChI=1S/C24H31N3O3/c1-16(2)9-10-29-24-12-19(20-13-22(28)17(3)11-23(20)30-24)14-27(26)15-21(25)18-7-5-4-6-8-18/h4-8,11-12,15,20,23-24H,1,9-10,13-14,25-26H2,2-3H3/b21-15-/t20-,23?,24?/m1/s1. The molecule has 0 saturated heterocycles. The predicted molar refractivity (Wildman–Crippen MR) is 118 cm³/mol. The number of carbonyl (C=O) groups excluding carboxylic acids is 1. The van der Waals surface area contributed by atoms with E-state index in [2.05, 4.69) is 6.58 Å². The van der Waals surface area contributed by atoms with Gasteiger partial charge in [0, 0.05) is 18.5 Å². The Kier molecular flexibility index (Phi) is 7.26. The fourth-order valence-electron chi connectivity index (χ4n) is 3.65. The van der Waals surface area contributed by atoms with Gasteiger partial charge in [0.2, 0.25) is 0 Å². The topological polar surface area (TPSA) is 90.8 Å². The van der Waals surface area contributed by atoms with Crippen LogP contribution in [0.15, 0.2) is 72.0 Å². The Hall–Kier alpha value is -2.67. The van der Waals surface area contributed by atoms with Crippen LogP contribution in [0.25, 0.3) is 5.70 Å². The van der Waals surface area contributed by atoms with Gasteiger partial charge in [0.15, 0.2) is 12.1 Å². The number of ether oxygens (including phenoxy) is 2. The zero-order valence-electron chi connectivity index (χ0n) is 17.7. The molecule has 0 bridgehead atoms. The first kappa shape index (κ1) is 22.0. The number of hydrogen-bond donors (Lipinski definition) is 2. The van der Waals surface area contributed by atoms with Crippen molar-refractivity contribution in [3.05, 3.63) is 77.5 Å². The monoisotopic (exact) mass is 409 g/mol. The second kappa shape index (κ2) is 9.89.